The molecule has 0 bridgehead atoms. The number of amides is 1. The van der Waals surface area contributed by atoms with Gasteiger partial charge in [-0.05, 0) is 12.1 Å². The van der Waals surface area contributed by atoms with Crippen LogP contribution < -0.4 is 16.4 Å². The van der Waals surface area contributed by atoms with Gasteiger partial charge in [0.15, 0.2) is 0 Å². The lowest BCUT2D eigenvalue weighted by Crippen LogP contribution is -2.30. The highest BCUT2D eigenvalue weighted by Gasteiger charge is 2.16. The number of nitrogens with one attached hydrogen (secondary N) is 2. The summed E-state index contributed by atoms with van der Waals surface area (Å²) in [5.41, 5.74) is 4.30. The van der Waals surface area contributed by atoms with Crippen LogP contribution in [0.2, 0.25) is 0 Å². The van der Waals surface area contributed by atoms with Crippen LogP contribution in [0.1, 0.15) is 10.4 Å². The summed E-state index contributed by atoms with van der Waals surface area (Å²) in [6, 6.07) is 3.10. The van der Waals surface area contributed by atoms with Crippen LogP contribution in [0.4, 0.5) is 26.2 Å². The number of nitro groups is 1. The Hall–Kier alpha value is -3.37. The smallest absolute Gasteiger partial charge is 0.329 e. The van der Waals surface area contributed by atoms with Gasteiger partial charge in [0.1, 0.15) is 23.4 Å². The van der Waals surface area contributed by atoms with Crippen molar-refractivity contribution in [1.82, 2.24) is 15.3 Å². The van der Waals surface area contributed by atoms with Gasteiger partial charge in [0.05, 0.1) is 4.92 Å². The van der Waals surface area contributed by atoms with Crippen molar-refractivity contribution in [3.05, 3.63) is 51.7 Å². The van der Waals surface area contributed by atoms with Crippen molar-refractivity contribution in [2.45, 2.75) is 0 Å². The maximum Gasteiger partial charge on any atom is 0.329 e. The molecule has 0 aliphatic rings. The fraction of sp³-hybridized carbons (Fsp3) is 0.154. The molecule has 24 heavy (non-hydrogen) atoms. The summed E-state index contributed by atoms with van der Waals surface area (Å²) >= 11 is 0. The van der Waals surface area contributed by atoms with Crippen molar-refractivity contribution >= 4 is 23.4 Å². The van der Waals surface area contributed by atoms with Crippen LogP contribution >= 0.6 is 0 Å². The molecule has 0 aliphatic heterocycles. The topological polar surface area (TPSA) is 136 Å². The summed E-state index contributed by atoms with van der Waals surface area (Å²) in [7, 11) is 0. The molecule has 0 radical (unpaired) electrons. The van der Waals surface area contributed by atoms with Crippen LogP contribution in [0.25, 0.3) is 0 Å². The van der Waals surface area contributed by atoms with E-state index in [1.165, 1.54) is 0 Å². The Balaban J connectivity index is 1.88. The summed E-state index contributed by atoms with van der Waals surface area (Å²) in [5.74, 6) is -3.13. The summed E-state index contributed by atoms with van der Waals surface area (Å²) in [6.07, 6.45) is 0.942. The van der Waals surface area contributed by atoms with E-state index in [4.69, 9.17) is 5.73 Å². The highest BCUT2D eigenvalue weighted by molar-refractivity contribution is 5.94. The van der Waals surface area contributed by atoms with Crippen LogP contribution in [-0.2, 0) is 0 Å². The summed E-state index contributed by atoms with van der Waals surface area (Å²) in [6.45, 7) is 0.117. The Morgan fingerprint density at radius 2 is 1.96 bits per heavy atom. The van der Waals surface area contributed by atoms with Gasteiger partial charge in [-0.3, -0.25) is 14.9 Å². The first kappa shape index (κ1) is 17.0. The van der Waals surface area contributed by atoms with Crippen LogP contribution in [0.15, 0.2) is 24.4 Å². The SMILES string of the molecule is Nc1nc(NCCNC(=O)c2c(F)cccc2F)ncc1[N+](=O)[O-]. The van der Waals surface area contributed by atoms with E-state index in [2.05, 4.69) is 20.6 Å². The van der Waals surface area contributed by atoms with E-state index in [1.807, 2.05) is 0 Å². The molecule has 0 unspecified atom stereocenters. The first-order valence-corrected chi connectivity index (χ1v) is 6.63. The molecule has 126 valence electrons. The molecule has 4 N–H and O–H groups in total. The lowest BCUT2D eigenvalue weighted by atomic mass is 10.2. The summed E-state index contributed by atoms with van der Waals surface area (Å²) in [4.78, 5) is 28.9. The van der Waals surface area contributed by atoms with Crippen molar-refractivity contribution < 1.29 is 18.5 Å². The van der Waals surface area contributed by atoms with Crippen LogP contribution in [0.3, 0.4) is 0 Å². The van der Waals surface area contributed by atoms with Gasteiger partial charge in [0, 0.05) is 13.1 Å². The monoisotopic (exact) mass is 338 g/mol. The largest absolute Gasteiger partial charge is 0.378 e. The maximum absolute atomic E-state index is 13.4. The van der Waals surface area contributed by atoms with Gasteiger partial charge in [-0.2, -0.15) is 4.98 Å². The number of carbonyl (C=O) groups excluding carboxylic acids is 1. The molecule has 0 aliphatic carbocycles. The number of nitrogen functional groups attached to an aromatic ring is 1. The van der Waals surface area contributed by atoms with Gasteiger partial charge in [0.2, 0.25) is 11.8 Å². The number of rotatable bonds is 6. The number of benzene rings is 1. The molecule has 2 rings (SSSR count). The van der Waals surface area contributed by atoms with Crippen LogP contribution in [0, 0.1) is 21.7 Å². The van der Waals surface area contributed by atoms with E-state index in [0.717, 1.165) is 24.4 Å². The molecule has 0 saturated heterocycles. The average Bonchev–Trinajstić information content (AvgIpc) is 2.51. The molecular weight excluding hydrogens is 326 g/mol. The maximum atomic E-state index is 13.4. The van der Waals surface area contributed by atoms with Crippen LogP contribution in [-0.4, -0.2) is 33.9 Å². The second-order valence-electron chi connectivity index (χ2n) is 4.50. The Morgan fingerprint density at radius 1 is 1.29 bits per heavy atom. The van der Waals surface area contributed by atoms with Crippen molar-refractivity contribution in [3.8, 4) is 0 Å². The van der Waals surface area contributed by atoms with Crippen molar-refractivity contribution in [1.29, 1.82) is 0 Å². The predicted molar refractivity (Wildman–Crippen MR) is 80.3 cm³/mol. The summed E-state index contributed by atoms with van der Waals surface area (Å²) in [5, 5.41) is 15.6. The third-order valence-electron chi connectivity index (χ3n) is 2.88. The molecule has 0 fully saturated rings. The Bertz CT molecular complexity index is 766. The van der Waals surface area contributed by atoms with Gasteiger partial charge >= 0.3 is 5.69 Å². The minimum Gasteiger partial charge on any atom is -0.378 e. The number of aromatic nitrogens is 2. The van der Waals surface area contributed by atoms with Crippen molar-refractivity contribution in [3.63, 3.8) is 0 Å². The quantitative estimate of drug-likeness (QED) is 0.407. The number of nitrogens with two attached hydrogens (primary N) is 1. The lowest BCUT2D eigenvalue weighted by Gasteiger charge is -2.08. The van der Waals surface area contributed by atoms with E-state index < -0.39 is 33.7 Å². The van der Waals surface area contributed by atoms with Crippen LogP contribution in [0.5, 0.6) is 0 Å². The first-order valence-electron chi connectivity index (χ1n) is 6.63. The van der Waals surface area contributed by atoms with E-state index in [1.54, 1.807) is 0 Å². The third kappa shape index (κ3) is 3.88. The van der Waals surface area contributed by atoms with E-state index >= 15 is 0 Å². The van der Waals surface area contributed by atoms with Gasteiger partial charge < -0.3 is 16.4 Å². The second kappa shape index (κ2) is 7.26. The molecule has 1 aromatic carbocycles. The van der Waals surface area contributed by atoms with Gasteiger partial charge in [-0.15, -0.1) is 0 Å². The number of hydrogen-bond acceptors (Lipinski definition) is 7. The van der Waals surface area contributed by atoms with Crippen molar-refractivity contribution in [2.75, 3.05) is 24.1 Å². The summed E-state index contributed by atoms with van der Waals surface area (Å²) < 4.78 is 26.8. The number of anilines is 2. The molecule has 9 nitrogen and oxygen atoms in total. The second-order valence-corrected chi connectivity index (χ2v) is 4.50. The molecule has 0 atom stereocenters. The number of hydrogen-bond donors (Lipinski definition) is 3. The van der Waals surface area contributed by atoms with Gasteiger partial charge in [0.25, 0.3) is 5.91 Å². The van der Waals surface area contributed by atoms with E-state index in [-0.39, 0.29) is 24.9 Å². The lowest BCUT2D eigenvalue weighted by molar-refractivity contribution is -0.384. The Labute approximate surface area is 134 Å². The minimum atomic E-state index is -0.966. The average molecular weight is 338 g/mol. The zero-order valence-electron chi connectivity index (χ0n) is 12.1. The van der Waals surface area contributed by atoms with E-state index in [0.29, 0.717) is 0 Å². The van der Waals surface area contributed by atoms with E-state index in [9.17, 15) is 23.7 Å². The molecule has 1 heterocycles. The highest BCUT2D eigenvalue weighted by atomic mass is 19.1. The number of halogens is 2. The number of carbonyl (C=O) groups is 1. The zero-order valence-corrected chi connectivity index (χ0v) is 12.1. The molecule has 1 aromatic heterocycles. The normalized spacial score (nSPS) is 10.2. The molecule has 1 amide bonds. The van der Waals surface area contributed by atoms with Crippen molar-refractivity contribution in [2.24, 2.45) is 0 Å². The number of nitrogens with zero attached hydrogens (tertiary/aromatic N) is 3. The van der Waals surface area contributed by atoms with Gasteiger partial charge in [-0.1, -0.05) is 6.07 Å². The molecular formula is C13H12F2N6O3. The predicted octanol–water partition coefficient (Wildman–Crippen LogP) is 1.09. The Morgan fingerprint density at radius 3 is 2.54 bits per heavy atom. The molecule has 2 aromatic rings. The molecule has 0 spiro atoms. The third-order valence-corrected chi connectivity index (χ3v) is 2.88. The zero-order chi connectivity index (χ0) is 17.7. The molecule has 0 saturated carbocycles. The first-order chi connectivity index (χ1) is 11.4. The minimum absolute atomic E-state index is 0.00681. The highest BCUT2D eigenvalue weighted by Crippen LogP contribution is 2.17. The fourth-order valence-electron chi connectivity index (χ4n) is 1.77. The standard InChI is InChI=1S/C13H12F2N6O3/c14-7-2-1-3-8(15)10(7)12(22)17-4-5-18-13-19-6-9(21(23)24)11(16)20-13/h1-3,6H,4-5H2,(H,17,22)(H3,16,18,19,20). The van der Waals surface area contributed by atoms with Gasteiger partial charge in [-0.25, -0.2) is 13.8 Å². The molecule has 11 heteroatoms. The Kier molecular flexibility index (Phi) is 5.14. The fourth-order valence-corrected chi connectivity index (χ4v) is 1.77.